The van der Waals surface area contributed by atoms with Crippen molar-refractivity contribution in [2.24, 2.45) is 0 Å². The molecular weight excluding hydrogens is 389 g/mol. The van der Waals surface area contributed by atoms with Crippen LogP contribution in [-0.2, 0) is 4.79 Å². The number of hydrogen-bond acceptors (Lipinski definition) is 1. The molecule has 1 aliphatic heterocycles. The Kier molecular flexibility index (Phi) is 11.1. The third-order valence-electron chi connectivity index (χ3n) is 6.21. The first-order chi connectivity index (χ1) is 14.8. The van der Waals surface area contributed by atoms with Crippen molar-refractivity contribution in [2.45, 2.75) is 77.7 Å². The van der Waals surface area contributed by atoms with E-state index < -0.39 is 0 Å². The van der Waals surface area contributed by atoms with E-state index in [1.165, 1.54) is 43.2 Å². The van der Waals surface area contributed by atoms with Crippen LogP contribution >= 0.6 is 0 Å². The van der Waals surface area contributed by atoms with Gasteiger partial charge in [0.05, 0.1) is 0 Å². The second-order valence-electron chi connectivity index (χ2n) is 7.99. The SMILES string of the molecule is CC.CCC(=O)N1CCC(c2[c-]cccc2)=[C-]C1c1ccc(C2CCCCC2)cc1.[Na+]. The van der Waals surface area contributed by atoms with E-state index in [4.69, 9.17) is 0 Å². The van der Waals surface area contributed by atoms with E-state index in [-0.39, 0.29) is 41.5 Å². The number of hydrogen-bond donors (Lipinski definition) is 0. The zero-order valence-corrected chi connectivity index (χ0v) is 21.8. The molecule has 31 heavy (non-hydrogen) atoms. The van der Waals surface area contributed by atoms with Crippen LogP contribution in [0.3, 0.4) is 0 Å². The van der Waals surface area contributed by atoms with Crippen molar-refractivity contribution in [1.82, 2.24) is 4.90 Å². The first-order valence-corrected chi connectivity index (χ1v) is 11.7. The molecule has 1 fully saturated rings. The molecule has 1 unspecified atom stereocenters. The fourth-order valence-electron chi connectivity index (χ4n) is 4.59. The van der Waals surface area contributed by atoms with E-state index in [0.717, 1.165) is 24.1 Å². The molecule has 2 nitrogen and oxygen atoms in total. The van der Waals surface area contributed by atoms with E-state index in [1.54, 1.807) is 0 Å². The average molecular weight is 425 g/mol. The molecule has 2 aliphatic rings. The average Bonchev–Trinajstić information content (AvgIpc) is 2.85. The summed E-state index contributed by atoms with van der Waals surface area (Å²) in [5, 5.41) is 0. The van der Waals surface area contributed by atoms with Crippen LogP contribution in [0.15, 0.2) is 48.5 Å². The van der Waals surface area contributed by atoms with Crippen LogP contribution in [0.4, 0.5) is 0 Å². The van der Waals surface area contributed by atoms with Crippen molar-refractivity contribution in [3.05, 3.63) is 77.4 Å². The van der Waals surface area contributed by atoms with Gasteiger partial charge in [-0.2, -0.15) is 12.1 Å². The summed E-state index contributed by atoms with van der Waals surface area (Å²) in [5.74, 6) is 0.904. The second-order valence-corrected chi connectivity index (χ2v) is 7.99. The Balaban J connectivity index is 0.00000111. The van der Waals surface area contributed by atoms with Crippen LogP contribution in [0, 0.1) is 12.1 Å². The fourth-order valence-corrected chi connectivity index (χ4v) is 4.59. The van der Waals surface area contributed by atoms with E-state index >= 15 is 0 Å². The summed E-state index contributed by atoms with van der Waals surface area (Å²) in [6.07, 6.45) is 11.7. The zero-order valence-electron chi connectivity index (χ0n) is 19.8. The Bertz CT molecular complexity index is 822. The van der Waals surface area contributed by atoms with Gasteiger partial charge in [-0.15, -0.1) is 6.07 Å². The molecule has 2 aromatic carbocycles. The zero-order chi connectivity index (χ0) is 21.3. The Hall–Kier alpha value is -1.35. The smallest absolute Gasteiger partial charge is 0.350 e. The molecular formula is C28H35NNaO-. The minimum atomic E-state index is -0.106. The van der Waals surface area contributed by atoms with Crippen molar-refractivity contribution in [1.29, 1.82) is 0 Å². The van der Waals surface area contributed by atoms with E-state index in [1.807, 2.05) is 43.9 Å². The van der Waals surface area contributed by atoms with Gasteiger partial charge in [0.2, 0.25) is 5.91 Å². The Morgan fingerprint density at radius 1 is 1.00 bits per heavy atom. The standard InChI is InChI=1S/C26H29NO.C2H6.Na/c1-2-26(28)27-18-17-24(21-11-7-4-8-12-21)19-25(27)23-15-13-22(14-16-23)20-9-5-3-6-10-20;1-2;/h4,7-8,11,13-16,20,25H,2-3,5-6,9-10,17-18H2,1H3;1-2H3;/q-2;;+1. The normalized spacial score (nSPS) is 18.9. The molecule has 3 heteroatoms. The fraction of sp³-hybridized carbons (Fsp3) is 0.464. The predicted molar refractivity (Wildman–Crippen MR) is 125 cm³/mol. The number of carbonyl (C=O) groups excluding carboxylic acids is 1. The van der Waals surface area contributed by atoms with Crippen molar-refractivity contribution in [3.63, 3.8) is 0 Å². The van der Waals surface area contributed by atoms with Gasteiger partial charge in [0.1, 0.15) is 0 Å². The summed E-state index contributed by atoms with van der Waals surface area (Å²) in [4.78, 5) is 14.6. The summed E-state index contributed by atoms with van der Waals surface area (Å²) in [6.45, 7) is 6.68. The van der Waals surface area contributed by atoms with Crippen molar-refractivity contribution in [2.75, 3.05) is 6.54 Å². The topological polar surface area (TPSA) is 20.3 Å². The van der Waals surface area contributed by atoms with Crippen LogP contribution in [0.25, 0.3) is 5.57 Å². The first-order valence-electron chi connectivity index (χ1n) is 11.7. The van der Waals surface area contributed by atoms with Crippen LogP contribution in [0.2, 0.25) is 0 Å². The molecule has 1 heterocycles. The van der Waals surface area contributed by atoms with Gasteiger partial charge >= 0.3 is 29.6 Å². The van der Waals surface area contributed by atoms with Crippen molar-refractivity contribution < 1.29 is 34.4 Å². The van der Waals surface area contributed by atoms with Crippen molar-refractivity contribution >= 4 is 11.5 Å². The first kappa shape index (κ1) is 25.9. The maximum Gasteiger partial charge on any atom is 1.00 e. The van der Waals surface area contributed by atoms with Crippen LogP contribution in [-0.4, -0.2) is 17.4 Å². The molecule has 1 amide bonds. The minimum absolute atomic E-state index is 0. The molecule has 1 atom stereocenters. The summed E-state index contributed by atoms with van der Waals surface area (Å²) >= 11 is 0. The number of benzene rings is 2. The van der Waals surface area contributed by atoms with E-state index in [2.05, 4.69) is 42.5 Å². The second kappa shape index (κ2) is 13.3. The van der Waals surface area contributed by atoms with Crippen molar-refractivity contribution in [3.8, 4) is 0 Å². The van der Waals surface area contributed by atoms with Gasteiger partial charge < -0.3 is 10.5 Å². The molecule has 0 bridgehead atoms. The Morgan fingerprint density at radius 2 is 1.68 bits per heavy atom. The van der Waals surface area contributed by atoms with E-state index in [9.17, 15) is 4.79 Å². The largest absolute Gasteiger partial charge is 1.00 e. The maximum absolute atomic E-state index is 12.6. The number of carbonyl (C=O) groups is 1. The molecule has 1 aliphatic carbocycles. The third kappa shape index (κ3) is 6.57. The Morgan fingerprint density at radius 3 is 2.29 bits per heavy atom. The summed E-state index contributed by atoms with van der Waals surface area (Å²) < 4.78 is 0. The number of rotatable bonds is 4. The number of nitrogens with zero attached hydrogens (tertiary/aromatic N) is 1. The third-order valence-corrected chi connectivity index (χ3v) is 6.21. The van der Waals surface area contributed by atoms with Gasteiger partial charge in [-0.3, -0.25) is 16.4 Å². The Labute approximate surface area is 211 Å². The number of amides is 1. The molecule has 4 rings (SSSR count). The molecule has 0 radical (unpaired) electrons. The molecule has 0 N–H and O–H groups in total. The molecule has 1 saturated carbocycles. The molecule has 0 saturated heterocycles. The maximum atomic E-state index is 12.6. The summed E-state index contributed by atoms with van der Waals surface area (Å²) in [6, 6.07) is 20.3. The van der Waals surface area contributed by atoms with Crippen LogP contribution in [0.1, 0.15) is 94.4 Å². The van der Waals surface area contributed by atoms with Gasteiger partial charge in [0.25, 0.3) is 0 Å². The quantitative estimate of drug-likeness (QED) is 0.534. The van der Waals surface area contributed by atoms with E-state index in [0.29, 0.717) is 12.3 Å². The molecule has 160 valence electrons. The molecule has 0 aromatic heterocycles. The van der Waals surface area contributed by atoms with Crippen LogP contribution in [0.5, 0.6) is 0 Å². The van der Waals surface area contributed by atoms with Crippen LogP contribution < -0.4 is 29.6 Å². The molecule has 0 spiro atoms. The van der Waals surface area contributed by atoms with Gasteiger partial charge in [-0.25, -0.2) is 12.1 Å². The predicted octanol–water partition coefficient (Wildman–Crippen LogP) is 4.13. The monoisotopic (exact) mass is 424 g/mol. The molecule has 2 aromatic rings. The van der Waals surface area contributed by atoms with Gasteiger partial charge in [-0.05, 0) is 35.9 Å². The minimum Gasteiger partial charge on any atom is -0.350 e. The van der Waals surface area contributed by atoms with Gasteiger partial charge in [-0.1, -0.05) is 70.7 Å². The van der Waals surface area contributed by atoms with Gasteiger partial charge in [0.15, 0.2) is 0 Å². The summed E-state index contributed by atoms with van der Waals surface area (Å²) in [5.41, 5.74) is 4.87. The summed E-state index contributed by atoms with van der Waals surface area (Å²) in [7, 11) is 0. The van der Waals surface area contributed by atoms with Gasteiger partial charge in [0, 0.05) is 13.0 Å².